The number of Topliss-reactive ketones (excluding diaryl/α,β-unsaturated/α-hetero) is 1. The number of alkyl halides is 1. The molecule has 5 aliphatic carbocycles. The predicted octanol–water partition coefficient (Wildman–Crippen LogP) is 2.95. The summed E-state index contributed by atoms with van der Waals surface area (Å²) in [6, 6.07) is 0. The number of hydrogen-bond acceptors (Lipinski definition) is 6. The van der Waals surface area contributed by atoms with Crippen LogP contribution in [0.25, 0.3) is 0 Å². The zero-order chi connectivity index (χ0) is 23.4. The smallest absolute Gasteiger partial charge is 0.193 e. The highest BCUT2D eigenvalue weighted by atomic mass is 19.1. The summed E-state index contributed by atoms with van der Waals surface area (Å²) in [5.74, 6) is -2.17. The number of aliphatic hydroxyl groups is 2. The van der Waals surface area contributed by atoms with E-state index in [9.17, 15) is 19.8 Å². The minimum Gasteiger partial charge on any atom is -0.390 e. The maximum Gasteiger partial charge on any atom is 0.193 e. The Morgan fingerprint density at radius 1 is 1.24 bits per heavy atom. The van der Waals surface area contributed by atoms with E-state index in [0.717, 1.165) is 18.4 Å². The van der Waals surface area contributed by atoms with Gasteiger partial charge >= 0.3 is 0 Å². The average Bonchev–Trinajstić information content (AvgIpc) is 3.43. The molecule has 1 saturated heterocycles. The predicted molar refractivity (Wildman–Crippen MR) is 116 cm³/mol. The lowest BCUT2D eigenvalue weighted by Crippen LogP contribution is -2.70. The molecule has 7 heteroatoms. The summed E-state index contributed by atoms with van der Waals surface area (Å²) in [6.45, 7) is 3.04. The molecule has 0 radical (unpaired) electrons. The lowest BCUT2D eigenvalue weighted by atomic mass is 9.44. The first kappa shape index (κ1) is 22.1. The lowest BCUT2D eigenvalue weighted by molar-refractivity contribution is -0.253. The van der Waals surface area contributed by atoms with Crippen LogP contribution in [0.5, 0.6) is 0 Å². The Morgan fingerprint density at radius 3 is 2.67 bits per heavy atom. The van der Waals surface area contributed by atoms with Gasteiger partial charge in [0, 0.05) is 29.6 Å². The normalized spacial score (nSPS) is 51.7. The molecule has 2 N–H and O–H groups in total. The largest absolute Gasteiger partial charge is 0.390 e. The average molecular weight is 461 g/mol. The van der Waals surface area contributed by atoms with Crippen LogP contribution in [0.1, 0.15) is 65.2 Å². The van der Waals surface area contributed by atoms with Gasteiger partial charge in [-0.25, -0.2) is 4.39 Å². The number of carbonyl (C=O) groups excluding carboxylic acids is 2. The molecule has 5 fully saturated rings. The first-order chi connectivity index (χ1) is 15.6. The van der Waals surface area contributed by atoms with E-state index in [0.29, 0.717) is 32.1 Å². The van der Waals surface area contributed by atoms with Gasteiger partial charge in [-0.3, -0.25) is 9.59 Å². The van der Waals surface area contributed by atoms with Gasteiger partial charge in [-0.2, -0.15) is 0 Å². The van der Waals surface area contributed by atoms with E-state index in [4.69, 9.17) is 9.47 Å². The minimum absolute atomic E-state index is 0.0387. The fourth-order valence-corrected chi connectivity index (χ4v) is 8.88. The summed E-state index contributed by atoms with van der Waals surface area (Å²) in [5, 5.41) is 21.5. The van der Waals surface area contributed by atoms with E-state index in [1.807, 2.05) is 6.92 Å². The van der Waals surface area contributed by atoms with Crippen molar-refractivity contribution in [1.29, 1.82) is 0 Å². The number of rotatable bonds is 2. The molecular formula is C26H33FO6. The third-order valence-electron chi connectivity index (χ3n) is 10.4. The molecule has 1 heterocycles. The molecule has 180 valence electrons. The van der Waals surface area contributed by atoms with Crippen LogP contribution in [0, 0.1) is 22.7 Å². The second-order valence-corrected chi connectivity index (χ2v) is 11.6. The molecule has 33 heavy (non-hydrogen) atoms. The zero-order valence-electron chi connectivity index (χ0n) is 19.3. The molecule has 6 rings (SSSR count). The Balaban J connectivity index is 1.46. The summed E-state index contributed by atoms with van der Waals surface area (Å²) < 4.78 is 30.4. The minimum atomic E-state index is -1.97. The SMILES string of the molecule is CC12C[C@@H](O)[C@@]3(F)[C@@H](CCC4=CC(=O)C=C[C@@]43C)[C@@H]1C[C@H]1OC3(CCCC3)O[C@]12C(=O)CO. The van der Waals surface area contributed by atoms with Gasteiger partial charge in [0.25, 0.3) is 0 Å². The fraction of sp³-hybridized carbons (Fsp3) is 0.769. The summed E-state index contributed by atoms with van der Waals surface area (Å²) in [4.78, 5) is 25.4. The monoisotopic (exact) mass is 460 g/mol. The van der Waals surface area contributed by atoms with Crippen molar-refractivity contribution in [2.45, 2.75) is 94.5 Å². The second-order valence-electron chi connectivity index (χ2n) is 11.6. The highest BCUT2D eigenvalue weighted by Crippen LogP contribution is 2.73. The van der Waals surface area contributed by atoms with Crippen molar-refractivity contribution in [2.24, 2.45) is 22.7 Å². The summed E-state index contributed by atoms with van der Waals surface area (Å²) in [7, 11) is 0. The Morgan fingerprint density at radius 2 is 1.97 bits per heavy atom. The first-order valence-corrected chi connectivity index (χ1v) is 12.4. The number of fused-ring (bicyclic) bond motifs is 7. The van der Waals surface area contributed by atoms with Gasteiger partial charge in [-0.05, 0) is 63.5 Å². The number of halogens is 1. The fourth-order valence-electron chi connectivity index (χ4n) is 8.88. The van der Waals surface area contributed by atoms with E-state index in [1.54, 1.807) is 13.0 Å². The van der Waals surface area contributed by atoms with Gasteiger partial charge in [0.2, 0.25) is 0 Å². The van der Waals surface area contributed by atoms with Crippen LogP contribution in [0.3, 0.4) is 0 Å². The Bertz CT molecular complexity index is 983. The van der Waals surface area contributed by atoms with E-state index in [-0.39, 0.29) is 18.1 Å². The summed E-state index contributed by atoms with van der Waals surface area (Å²) in [5.41, 5.74) is -4.56. The van der Waals surface area contributed by atoms with Gasteiger partial charge in [0.1, 0.15) is 6.61 Å². The topological polar surface area (TPSA) is 93.1 Å². The van der Waals surface area contributed by atoms with Crippen molar-refractivity contribution in [3.8, 4) is 0 Å². The molecule has 0 aromatic carbocycles. The van der Waals surface area contributed by atoms with Gasteiger partial charge in [-0.1, -0.05) is 18.6 Å². The highest BCUT2D eigenvalue weighted by Gasteiger charge is 2.80. The number of ether oxygens (including phenoxy) is 2. The van der Waals surface area contributed by atoms with Crippen LogP contribution in [0.15, 0.2) is 23.8 Å². The molecular weight excluding hydrogens is 427 g/mol. The number of carbonyl (C=O) groups is 2. The van der Waals surface area contributed by atoms with E-state index >= 15 is 4.39 Å². The molecule has 8 atom stereocenters. The summed E-state index contributed by atoms with van der Waals surface area (Å²) >= 11 is 0. The van der Waals surface area contributed by atoms with Crippen molar-refractivity contribution >= 4 is 11.6 Å². The molecule has 0 aromatic heterocycles. The zero-order valence-corrected chi connectivity index (χ0v) is 19.3. The molecule has 4 saturated carbocycles. The molecule has 0 bridgehead atoms. The van der Waals surface area contributed by atoms with Crippen molar-refractivity contribution in [3.05, 3.63) is 23.8 Å². The maximum absolute atomic E-state index is 17.3. The van der Waals surface area contributed by atoms with Crippen molar-refractivity contribution in [3.63, 3.8) is 0 Å². The lowest BCUT2D eigenvalue weighted by Gasteiger charge is -2.62. The van der Waals surface area contributed by atoms with Gasteiger partial charge in [0.05, 0.1) is 12.2 Å². The molecule has 0 amide bonds. The molecule has 1 unspecified atom stereocenters. The van der Waals surface area contributed by atoms with Crippen LogP contribution >= 0.6 is 0 Å². The van der Waals surface area contributed by atoms with Crippen LogP contribution < -0.4 is 0 Å². The first-order valence-electron chi connectivity index (χ1n) is 12.4. The van der Waals surface area contributed by atoms with Crippen molar-refractivity contribution in [2.75, 3.05) is 6.61 Å². The van der Waals surface area contributed by atoms with Crippen molar-refractivity contribution < 1.29 is 33.7 Å². The standard InChI is InChI=1S/C26H33FO6/c1-22-10-7-16(29)11-15(22)5-6-17-18-12-21-26(20(31)14-28,33-24(32-21)8-3-4-9-24)23(18,2)13-19(30)25(17,22)27/h7,10-11,17-19,21,28,30H,3-6,8-9,12-14H2,1-2H3/t17-,18-,19+,21+,22-,23?,25-,26+/m0/s1. The van der Waals surface area contributed by atoms with Gasteiger partial charge in [-0.15, -0.1) is 0 Å². The number of aliphatic hydroxyl groups excluding tert-OH is 2. The van der Waals surface area contributed by atoms with Crippen molar-refractivity contribution in [1.82, 2.24) is 0 Å². The third-order valence-corrected chi connectivity index (χ3v) is 10.4. The quantitative estimate of drug-likeness (QED) is 0.658. The molecule has 1 aliphatic heterocycles. The Kier molecular flexibility index (Phi) is 4.43. The van der Waals surface area contributed by atoms with Crippen LogP contribution in [0.2, 0.25) is 0 Å². The number of allylic oxidation sites excluding steroid dienone is 4. The number of hydrogen-bond donors (Lipinski definition) is 2. The molecule has 1 spiro atoms. The van der Waals surface area contributed by atoms with Crippen LogP contribution in [0.4, 0.5) is 4.39 Å². The maximum atomic E-state index is 17.3. The second kappa shape index (κ2) is 6.62. The highest BCUT2D eigenvalue weighted by molar-refractivity contribution is 6.01. The Hall–Kier alpha value is -1.41. The van der Waals surface area contributed by atoms with E-state index < -0.39 is 58.4 Å². The van der Waals surface area contributed by atoms with E-state index in [2.05, 4.69) is 0 Å². The third kappa shape index (κ3) is 2.38. The van der Waals surface area contributed by atoms with Crippen LogP contribution in [-0.2, 0) is 19.1 Å². The molecule has 0 aromatic rings. The molecule has 6 nitrogen and oxygen atoms in total. The molecule has 6 aliphatic rings. The summed E-state index contributed by atoms with van der Waals surface area (Å²) in [6.07, 6.45) is 7.52. The van der Waals surface area contributed by atoms with E-state index in [1.165, 1.54) is 12.2 Å². The van der Waals surface area contributed by atoms with Gasteiger partial charge in [0.15, 0.2) is 28.6 Å². The number of ketones is 2. The Labute approximate surface area is 193 Å². The van der Waals surface area contributed by atoms with Gasteiger partial charge < -0.3 is 19.7 Å². The van der Waals surface area contributed by atoms with Crippen LogP contribution in [-0.4, -0.2) is 57.7 Å².